The summed E-state index contributed by atoms with van der Waals surface area (Å²) in [5, 5.41) is 0. The van der Waals surface area contributed by atoms with Crippen LogP contribution in [0.15, 0.2) is 18.2 Å². The zero-order chi connectivity index (χ0) is 14.8. The highest BCUT2D eigenvalue weighted by atomic mass is 16.5. The van der Waals surface area contributed by atoms with Crippen LogP contribution < -0.4 is 15.4 Å². The summed E-state index contributed by atoms with van der Waals surface area (Å²) in [5.41, 5.74) is 7.95. The number of hydrogen-bond donors (Lipinski definition) is 1. The second kappa shape index (κ2) is 6.14. The maximum atomic E-state index is 6.03. The smallest absolute Gasteiger partial charge is 0.144 e. The Hall–Kier alpha value is -1.42. The van der Waals surface area contributed by atoms with E-state index in [4.69, 9.17) is 15.2 Å². The summed E-state index contributed by atoms with van der Waals surface area (Å²) >= 11 is 0. The van der Waals surface area contributed by atoms with E-state index >= 15 is 0 Å². The first kappa shape index (κ1) is 14.5. The fourth-order valence-corrected chi connectivity index (χ4v) is 3.47. The molecule has 0 radical (unpaired) electrons. The molecule has 1 aliphatic carbocycles. The van der Waals surface area contributed by atoms with Crippen molar-refractivity contribution in [3.63, 3.8) is 0 Å². The number of fused-ring (bicyclic) bond motifs is 1. The number of rotatable bonds is 3. The first-order valence-electron chi connectivity index (χ1n) is 8.09. The molecule has 1 saturated carbocycles. The molecule has 4 heteroatoms. The van der Waals surface area contributed by atoms with Gasteiger partial charge in [0.25, 0.3) is 0 Å². The lowest BCUT2D eigenvalue weighted by Crippen LogP contribution is -2.52. The Labute approximate surface area is 127 Å². The minimum atomic E-state index is 0.134. The lowest BCUT2D eigenvalue weighted by molar-refractivity contribution is -0.00869. The molecular weight excluding hydrogens is 264 g/mol. The van der Waals surface area contributed by atoms with Crippen LogP contribution >= 0.6 is 0 Å². The average Bonchev–Trinajstić information content (AvgIpc) is 2.48. The van der Waals surface area contributed by atoms with Crippen molar-refractivity contribution in [1.29, 1.82) is 0 Å². The van der Waals surface area contributed by atoms with Gasteiger partial charge in [-0.2, -0.15) is 0 Å². The molecule has 2 unspecified atom stereocenters. The molecule has 116 valence electrons. The van der Waals surface area contributed by atoms with Gasteiger partial charge in [-0.05, 0) is 38.8 Å². The van der Waals surface area contributed by atoms with Crippen LogP contribution in [0.4, 0.5) is 11.4 Å². The summed E-state index contributed by atoms with van der Waals surface area (Å²) < 4.78 is 11.8. The van der Waals surface area contributed by atoms with E-state index in [9.17, 15) is 0 Å². The number of ether oxygens (including phenoxy) is 2. The predicted octanol–water partition coefficient (Wildman–Crippen LogP) is 3.20. The summed E-state index contributed by atoms with van der Waals surface area (Å²) in [4.78, 5) is 2.49. The van der Waals surface area contributed by atoms with Gasteiger partial charge in [0, 0.05) is 18.3 Å². The largest absolute Gasteiger partial charge is 0.489 e. The third-order valence-corrected chi connectivity index (χ3v) is 4.42. The van der Waals surface area contributed by atoms with Gasteiger partial charge in [-0.15, -0.1) is 0 Å². The molecule has 1 aromatic rings. The number of nitrogen functional groups attached to an aromatic ring is 1. The molecule has 0 aromatic heterocycles. The van der Waals surface area contributed by atoms with E-state index in [1.54, 1.807) is 0 Å². The van der Waals surface area contributed by atoms with Crippen molar-refractivity contribution in [1.82, 2.24) is 0 Å². The van der Waals surface area contributed by atoms with Gasteiger partial charge in [-0.1, -0.05) is 12.8 Å². The van der Waals surface area contributed by atoms with E-state index in [2.05, 4.69) is 17.0 Å². The van der Waals surface area contributed by atoms with Crippen molar-refractivity contribution in [3.8, 4) is 5.75 Å². The second-order valence-electron chi connectivity index (χ2n) is 6.34. The molecule has 0 amide bonds. The van der Waals surface area contributed by atoms with Crippen molar-refractivity contribution in [2.24, 2.45) is 0 Å². The Balaban J connectivity index is 1.84. The highest BCUT2D eigenvalue weighted by Crippen LogP contribution is 2.35. The highest BCUT2D eigenvalue weighted by molar-refractivity contribution is 5.63. The van der Waals surface area contributed by atoms with Gasteiger partial charge in [0.05, 0.1) is 30.5 Å². The quantitative estimate of drug-likeness (QED) is 0.868. The lowest BCUT2D eigenvalue weighted by atomic mass is 9.90. The number of morpholine rings is 1. The Morgan fingerprint density at radius 2 is 2.10 bits per heavy atom. The van der Waals surface area contributed by atoms with Gasteiger partial charge >= 0.3 is 0 Å². The van der Waals surface area contributed by atoms with Crippen LogP contribution in [0.1, 0.15) is 39.5 Å². The van der Waals surface area contributed by atoms with Crippen LogP contribution in [0.25, 0.3) is 0 Å². The standard InChI is InChI=1S/C17H26N2O2/c1-12(2)21-17-11-13(7-8-14(17)18)19-9-10-20-16-6-4-3-5-15(16)19/h7-8,11-12,15-16H,3-6,9-10,18H2,1-2H3. The summed E-state index contributed by atoms with van der Waals surface area (Å²) in [6, 6.07) is 6.66. The molecule has 2 atom stereocenters. The first-order chi connectivity index (χ1) is 10.1. The summed E-state index contributed by atoms with van der Waals surface area (Å²) in [6.45, 7) is 5.81. The fraction of sp³-hybridized carbons (Fsp3) is 0.647. The van der Waals surface area contributed by atoms with Crippen LogP contribution in [0.2, 0.25) is 0 Å². The van der Waals surface area contributed by atoms with E-state index < -0.39 is 0 Å². The minimum absolute atomic E-state index is 0.134. The predicted molar refractivity (Wildman–Crippen MR) is 86.0 cm³/mol. The molecule has 1 heterocycles. The van der Waals surface area contributed by atoms with E-state index in [1.165, 1.54) is 31.4 Å². The zero-order valence-electron chi connectivity index (χ0n) is 13.0. The molecule has 21 heavy (non-hydrogen) atoms. The first-order valence-corrected chi connectivity index (χ1v) is 8.09. The third-order valence-electron chi connectivity index (χ3n) is 4.42. The number of benzene rings is 1. The van der Waals surface area contributed by atoms with E-state index in [0.29, 0.717) is 17.8 Å². The molecule has 2 N–H and O–H groups in total. The molecule has 2 fully saturated rings. The van der Waals surface area contributed by atoms with Gasteiger partial charge in [0.15, 0.2) is 0 Å². The number of nitrogens with two attached hydrogens (primary N) is 1. The van der Waals surface area contributed by atoms with Crippen molar-refractivity contribution >= 4 is 11.4 Å². The maximum Gasteiger partial charge on any atom is 0.144 e. The average molecular weight is 290 g/mol. The van der Waals surface area contributed by atoms with Crippen LogP contribution in [-0.2, 0) is 4.74 Å². The second-order valence-corrected chi connectivity index (χ2v) is 6.34. The summed E-state index contributed by atoms with van der Waals surface area (Å²) in [7, 11) is 0. The van der Waals surface area contributed by atoms with E-state index in [1.807, 2.05) is 19.9 Å². The zero-order valence-corrected chi connectivity index (χ0v) is 13.0. The SMILES string of the molecule is CC(C)Oc1cc(N2CCOC3CCCCC32)ccc1N. The van der Waals surface area contributed by atoms with E-state index in [0.717, 1.165) is 18.9 Å². The van der Waals surface area contributed by atoms with Gasteiger partial charge in [-0.25, -0.2) is 0 Å². The molecular formula is C17H26N2O2. The lowest BCUT2D eigenvalue weighted by Gasteiger charge is -2.45. The Morgan fingerprint density at radius 1 is 1.29 bits per heavy atom. The molecule has 4 nitrogen and oxygen atoms in total. The minimum Gasteiger partial charge on any atom is -0.489 e. The normalized spacial score (nSPS) is 25.8. The molecule has 3 rings (SSSR count). The third kappa shape index (κ3) is 3.10. The Bertz CT molecular complexity index is 488. The van der Waals surface area contributed by atoms with Crippen LogP contribution in [-0.4, -0.2) is 31.4 Å². The number of anilines is 2. The number of nitrogens with zero attached hydrogens (tertiary/aromatic N) is 1. The van der Waals surface area contributed by atoms with Crippen LogP contribution in [0, 0.1) is 0 Å². The molecule has 2 aliphatic rings. The topological polar surface area (TPSA) is 47.7 Å². The molecule has 1 aliphatic heterocycles. The van der Waals surface area contributed by atoms with Gasteiger partial charge in [0.1, 0.15) is 5.75 Å². The summed E-state index contributed by atoms with van der Waals surface area (Å²) in [6.07, 6.45) is 5.51. The molecule has 0 spiro atoms. The van der Waals surface area contributed by atoms with Crippen molar-refractivity contribution < 1.29 is 9.47 Å². The van der Waals surface area contributed by atoms with Crippen molar-refractivity contribution in [2.45, 2.75) is 57.8 Å². The Kier molecular flexibility index (Phi) is 4.24. The molecule has 0 bridgehead atoms. The number of hydrogen-bond acceptors (Lipinski definition) is 4. The van der Waals surface area contributed by atoms with Gasteiger partial charge in [-0.3, -0.25) is 0 Å². The summed E-state index contributed by atoms with van der Waals surface area (Å²) in [5.74, 6) is 0.793. The molecule has 1 saturated heterocycles. The Morgan fingerprint density at radius 3 is 2.90 bits per heavy atom. The highest BCUT2D eigenvalue weighted by Gasteiger charge is 2.34. The van der Waals surface area contributed by atoms with Gasteiger partial charge in [0.2, 0.25) is 0 Å². The maximum absolute atomic E-state index is 6.03. The van der Waals surface area contributed by atoms with Crippen LogP contribution in [0.5, 0.6) is 5.75 Å². The monoisotopic (exact) mass is 290 g/mol. The van der Waals surface area contributed by atoms with Crippen LogP contribution in [0.3, 0.4) is 0 Å². The van der Waals surface area contributed by atoms with Crippen molar-refractivity contribution in [3.05, 3.63) is 18.2 Å². The van der Waals surface area contributed by atoms with Gasteiger partial charge < -0.3 is 20.1 Å². The van der Waals surface area contributed by atoms with Crippen molar-refractivity contribution in [2.75, 3.05) is 23.8 Å². The molecule has 1 aromatic carbocycles. The fourth-order valence-electron chi connectivity index (χ4n) is 3.47. The van der Waals surface area contributed by atoms with E-state index in [-0.39, 0.29) is 6.10 Å².